The highest BCUT2D eigenvalue weighted by Crippen LogP contribution is 2.34. The number of piperidine rings is 1. The smallest absolute Gasteiger partial charge is 0.263 e. The Hall–Kier alpha value is -4.07. The van der Waals surface area contributed by atoms with Gasteiger partial charge in [-0.1, -0.05) is 24.3 Å². The number of nitrogens with one attached hydrogen (secondary N) is 1. The van der Waals surface area contributed by atoms with E-state index >= 15 is 0 Å². The first kappa shape index (κ1) is 22.7. The number of fused-ring (bicyclic) bond motifs is 1. The molecule has 0 aliphatic carbocycles. The highest BCUT2D eigenvalue weighted by atomic mass is 19.1. The predicted octanol–water partition coefficient (Wildman–Crippen LogP) is 3.55. The Morgan fingerprint density at radius 3 is 2.63 bits per heavy atom. The summed E-state index contributed by atoms with van der Waals surface area (Å²) in [6, 6.07) is 15.2. The molecule has 1 N–H and O–H groups in total. The van der Waals surface area contributed by atoms with Crippen LogP contribution >= 0.6 is 0 Å². The number of carbonyl (C=O) groups is 3. The maximum Gasteiger partial charge on any atom is 0.263 e. The number of benzene rings is 2. The molecule has 3 aromatic rings. The van der Waals surface area contributed by atoms with Gasteiger partial charge >= 0.3 is 0 Å². The molecule has 1 aromatic heterocycles. The lowest BCUT2D eigenvalue weighted by Gasteiger charge is -2.34. The molecule has 2 aliphatic heterocycles. The van der Waals surface area contributed by atoms with Gasteiger partial charge < -0.3 is 10.2 Å². The third-order valence-corrected chi connectivity index (χ3v) is 6.61. The minimum absolute atomic E-state index is 0.125. The average Bonchev–Trinajstić information content (AvgIpc) is 3.13. The van der Waals surface area contributed by atoms with Crippen molar-refractivity contribution in [2.75, 3.05) is 18.0 Å². The maximum absolute atomic E-state index is 13.9. The number of hydrogen-bond acceptors (Lipinski definition) is 5. The van der Waals surface area contributed by atoms with Gasteiger partial charge in [0, 0.05) is 37.6 Å². The lowest BCUT2D eigenvalue weighted by atomic mass is 9.95. The first-order valence-electron chi connectivity index (χ1n) is 11.7. The topological polar surface area (TPSA) is 82.6 Å². The second-order valence-corrected chi connectivity index (χ2v) is 8.85. The first-order chi connectivity index (χ1) is 17.0. The van der Waals surface area contributed by atoms with Gasteiger partial charge in [-0.3, -0.25) is 24.3 Å². The van der Waals surface area contributed by atoms with E-state index in [1.165, 1.54) is 11.0 Å². The highest BCUT2D eigenvalue weighted by molar-refractivity contribution is 6.23. The van der Waals surface area contributed by atoms with Crippen LogP contribution in [0.15, 0.2) is 67.0 Å². The number of pyridine rings is 1. The van der Waals surface area contributed by atoms with Crippen LogP contribution in [0, 0.1) is 11.7 Å². The second-order valence-electron chi connectivity index (χ2n) is 8.85. The summed E-state index contributed by atoms with van der Waals surface area (Å²) in [7, 11) is 0. The molecule has 178 valence electrons. The van der Waals surface area contributed by atoms with Gasteiger partial charge in [0.15, 0.2) is 0 Å². The van der Waals surface area contributed by atoms with E-state index in [4.69, 9.17) is 0 Å². The monoisotopic (exact) mass is 472 g/mol. The largest absolute Gasteiger partial charge is 0.370 e. The quantitative estimate of drug-likeness (QED) is 0.555. The van der Waals surface area contributed by atoms with Crippen LogP contribution in [-0.2, 0) is 17.9 Å². The van der Waals surface area contributed by atoms with Crippen LogP contribution in [0.25, 0.3) is 0 Å². The van der Waals surface area contributed by atoms with Gasteiger partial charge in [-0.15, -0.1) is 0 Å². The van der Waals surface area contributed by atoms with Crippen molar-refractivity contribution in [2.45, 2.75) is 25.9 Å². The number of aromatic nitrogens is 1. The Morgan fingerprint density at radius 1 is 1.03 bits per heavy atom. The van der Waals surface area contributed by atoms with Crippen LogP contribution in [0.1, 0.15) is 44.7 Å². The lowest BCUT2D eigenvalue weighted by molar-refractivity contribution is -0.125. The number of halogens is 1. The van der Waals surface area contributed by atoms with Crippen LogP contribution in [0.5, 0.6) is 0 Å². The first-order valence-corrected chi connectivity index (χ1v) is 11.7. The van der Waals surface area contributed by atoms with Crippen molar-refractivity contribution >= 4 is 23.4 Å². The van der Waals surface area contributed by atoms with E-state index in [9.17, 15) is 18.8 Å². The van der Waals surface area contributed by atoms with Crippen molar-refractivity contribution in [1.82, 2.24) is 15.2 Å². The van der Waals surface area contributed by atoms with Crippen LogP contribution < -0.4 is 10.2 Å². The van der Waals surface area contributed by atoms with Crippen LogP contribution in [0.3, 0.4) is 0 Å². The zero-order valence-electron chi connectivity index (χ0n) is 19.1. The van der Waals surface area contributed by atoms with Gasteiger partial charge in [-0.25, -0.2) is 4.39 Å². The van der Waals surface area contributed by atoms with E-state index in [1.54, 1.807) is 54.9 Å². The fraction of sp³-hybridized carbons (Fsp3) is 0.259. The van der Waals surface area contributed by atoms with Crippen molar-refractivity contribution in [1.29, 1.82) is 0 Å². The maximum atomic E-state index is 13.9. The Labute approximate surface area is 202 Å². The average molecular weight is 473 g/mol. The van der Waals surface area contributed by atoms with Gasteiger partial charge in [0.1, 0.15) is 5.82 Å². The molecule has 1 atom stereocenters. The summed E-state index contributed by atoms with van der Waals surface area (Å²) >= 11 is 0. The van der Waals surface area contributed by atoms with E-state index in [0.29, 0.717) is 41.9 Å². The molecule has 0 spiro atoms. The molecule has 2 aliphatic rings. The Morgan fingerprint density at radius 2 is 1.83 bits per heavy atom. The van der Waals surface area contributed by atoms with Crippen LogP contribution in [0.4, 0.5) is 10.1 Å². The Bertz CT molecular complexity index is 1280. The fourth-order valence-corrected chi connectivity index (χ4v) is 4.77. The Kier molecular flexibility index (Phi) is 6.27. The van der Waals surface area contributed by atoms with Crippen molar-refractivity contribution in [3.63, 3.8) is 0 Å². The lowest BCUT2D eigenvalue weighted by Crippen LogP contribution is -2.43. The fourth-order valence-electron chi connectivity index (χ4n) is 4.77. The SMILES string of the molecule is O=C(NCc1ccccc1F)[C@@H]1CCCN(c2cccc3c2C(=O)N(Cc2ccncc2)C3=O)C1. The molecular weight excluding hydrogens is 447 g/mol. The summed E-state index contributed by atoms with van der Waals surface area (Å²) in [5, 5.41) is 2.84. The number of anilines is 1. The molecular formula is C27H25FN4O3. The zero-order chi connectivity index (χ0) is 24.4. The van der Waals surface area contributed by atoms with E-state index in [2.05, 4.69) is 10.3 Å². The minimum Gasteiger partial charge on any atom is -0.370 e. The van der Waals surface area contributed by atoms with E-state index < -0.39 is 0 Å². The molecule has 7 nitrogen and oxygen atoms in total. The summed E-state index contributed by atoms with van der Waals surface area (Å²) in [6.07, 6.45) is 4.73. The summed E-state index contributed by atoms with van der Waals surface area (Å²) in [5.41, 5.74) is 2.70. The summed E-state index contributed by atoms with van der Waals surface area (Å²) in [6.45, 7) is 1.40. The van der Waals surface area contributed by atoms with E-state index in [0.717, 1.165) is 12.0 Å². The van der Waals surface area contributed by atoms with Crippen molar-refractivity contribution in [2.24, 2.45) is 5.92 Å². The van der Waals surface area contributed by atoms with E-state index in [1.807, 2.05) is 11.0 Å². The Balaban J connectivity index is 1.32. The van der Waals surface area contributed by atoms with Gasteiger partial charge in [0.25, 0.3) is 11.8 Å². The number of nitrogens with zero attached hydrogens (tertiary/aromatic N) is 3. The molecule has 1 fully saturated rings. The minimum atomic E-state index is -0.350. The molecule has 1 saturated heterocycles. The van der Waals surface area contributed by atoms with Gasteiger partial charge in [-0.2, -0.15) is 0 Å². The summed E-state index contributed by atoms with van der Waals surface area (Å²) < 4.78 is 13.9. The van der Waals surface area contributed by atoms with Gasteiger partial charge in [0.05, 0.1) is 29.3 Å². The van der Waals surface area contributed by atoms with Crippen LogP contribution in [0.2, 0.25) is 0 Å². The van der Waals surface area contributed by atoms with Gasteiger partial charge in [0.2, 0.25) is 5.91 Å². The molecule has 35 heavy (non-hydrogen) atoms. The number of amides is 3. The normalized spacial score (nSPS) is 17.5. The molecule has 0 unspecified atom stereocenters. The number of rotatable bonds is 6. The van der Waals surface area contributed by atoms with Crippen molar-refractivity contribution < 1.29 is 18.8 Å². The number of carbonyl (C=O) groups excluding carboxylic acids is 3. The third kappa shape index (κ3) is 4.51. The van der Waals surface area contributed by atoms with Crippen LogP contribution in [-0.4, -0.2) is 40.7 Å². The summed E-state index contributed by atoms with van der Waals surface area (Å²) in [4.78, 5) is 46.5. The van der Waals surface area contributed by atoms with E-state index in [-0.39, 0.29) is 42.5 Å². The molecule has 8 heteroatoms. The molecule has 0 bridgehead atoms. The molecule has 0 radical (unpaired) electrons. The molecule has 2 aromatic carbocycles. The number of imide groups is 1. The van der Waals surface area contributed by atoms with Gasteiger partial charge in [-0.05, 0) is 48.7 Å². The third-order valence-electron chi connectivity index (χ3n) is 6.61. The van der Waals surface area contributed by atoms with Crippen molar-refractivity contribution in [3.05, 3.63) is 95.1 Å². The zero-order valence-corrected chi connectivity index (χ0v) is 19.1. The standard InChI is InChI=1S/C27H25FN4O3/c28-22-8-2-1-5-19(22)15-30-25(33)20-6-4-14-31(17-20)23-9-3-7-21-24(23)27(35)32(26(21)34)16-18-10-12-29-13-11-18/h1-3,5,7-13,20H,4,6,14-17H2,(H,30,33)/t20-/m1/s1. The second kappa shape index (κ2) is 9.66. The van der Waals surface area contributed by atoms with Crippen molar-refractivity contribution in [3.8, 4) is 0 Å². The summed E-state index contributed by atoms with van der Waals surface area (Å²) in [5.74, 6) is -1.44. The predicted molar refractivity (Wildman–Crippen MR) is 128 cm³/mol. The molecule has 5 rings (SSSR count). The highest BCUT2D eigenvalue weighted by Gasteiger charge is 2.39. The molecule has 0 saturated carbocycles. The molecule has 3 heterocycles. The number of hydrogen-bond donors (Lipinski definition) is 1. The molecule has 3 amide bonds.